The molecular weight excluding hydrogens is 280 g/mol. The Labute approximate surface area is 128 Å². The van der Waals surface area contributed by atoms with Gasteiger partial charge in [0.15, 0.2) is 0 Å². The van der Waals surface area contributed by atoms with Gasteiger partial charge in [0.05, 0.1) is 12.8 Å². The predicted octanol–water partition coefficient (Wildman–Crippen LogP) is 1.92. The standard InChI is InChI=1S/C17H16N2O3/c1-22-15(14(18)12-8-4-2-5-9-12)17(21)19-16(20)13-10-6-3-7-11-13/h2-11H,18H2,1H3,(H,19,20,21)/b15-14+. The maximum absolute atomic E-state index is 12.2. The first-order chi connectivity index (χ1) is 10.6. The van der Waals surface area contributed by atoms with E-state index in [0.717, 1.165) is 0 Å². The summed E-state index contributed by atoms with van der Waals surface area (Å²) in [4.78, 5) is 24.2. The van der Waals surface area contributed by atoms with Crippen molar-refractivity contribution < 1.29 is 14.3 Å². The summed E-state index contributed by atoms with van der Waals surface area (Å²) in [6, 6.07) is 17.4. The molecule has 2 amide bonds. The summed E-state index contributed by atoms with van der Waals surface area (Å²) in [6.07, 6.45) is 0. The minimum atomic E-state index is -0.683. The van der Waals surface area contributed by atoms with Gasteiger partial charge in [-0.3, -0.25) is 14.9 Å². The number of hydrogen-bond donors (Lipinski definition) is 2. The highest BCUT2D eigenvalue weighted by Crippen LogP contribution is 2.14. The van der Waals surface area contributed by atoms with Gasteiger partial charge in [0.2, 0.25) is 5.76 Å². The van der Waals surface area contributed by atoms with Gasteiger partial charge in [-0.1, -0.05) is 48.5 Å². The summed E-state index contributed by atoms with van der Waals surface area (Å²) >= 11 is 0. The number of nitrogens with two attached hydrogens (primary N) is 1. The van der Waals surface area contributed by atoms with Crippen LogP contribution in [0.3, 0.4) is 0 Å². The van der Waals surface area contributed by atoms with Crippen LogP contribution in [0.15, 0.2) is 66.4 Å². The first-order valence-corrected chi connectivity index (χ1v) is 6.63. The van der Waals surface area contributed by atoms with E-state index in [0.29, 0.717) is 11.1 Å². The fraction of sp³-hybridized carbons (Fsp3) is 0.0588. The third-order valence-corrected chi connectivity index (χ3v) is 3.00. The Morgan fingerprint density at radius 1 is 0.909 bits per heavy atom. The Morgan fingerprint density at radius 3 is 1.91 bits per heavy atom. The van der Waals surface area contributed by atoms with Gasteiger partial charge in [-0.25, -0.2) is 0 Å². The van der Waals surface area contributed by atoms with Crippen LogP contribution in [0.4, 0.5) is 0 Å². The molecule has 0 fully saturated rings. The lowest BCUT2D eigenvalue weighted by Crippen LogP contribution is -2.33. The van der Waals surface area contributed by atoms with Crippen molar-refractivity contribution in [3.8, 4) is 0 Å². The van der Waals surface area contributed by atoms with E-state index in [4.69, 9.17) is 10.5 Å². The molecule has 0 aliphatic heterocycles. The number of carbonyl (C=O) groups is 2. The maximum atomic E-state index is 12.2. The Kier molecular flexibility index (Phi) is 4.93. The molecule has 0 unspecified atom stereocenters. The third kappa shape index (κ3) is 3.52. The van der Waals surface area contributed by atoms with Crippen LogP contribution >= 0.6 is 0 Å². The Hall–Kier alpha value is -3.08. The van der Waals surface area contributed by atoms with E-state index < -0.39 is 11.8 Å². The zero-order valence-corrected chi connectivity index (χ0v) is 12.1. The van der Waals surface area contributed by atoms with E-state index in [9.17, 15) is 9.59 Å². The predicted molar refractivity (Wildman–Crippen MR) is 83.5 cm³/mol. The number of hydrogen-bond acceptors (Lipinski definition) is 4. The molecule has 0 heterocycles. The molecule has 5 nitrogen and oxygen atoms in total. The van der Waals surface area contributed by atoms with Crippen LogP contribution in [0.1, 0.15) is 15.9 Å². The molecule has 0 aliphatic rings. The van der Waals surface area contributed by atoms with E-state index in [-0.39, 0.29) is 11.5 Å². The second-order valence-electron chi connectivity index (χ2n) is 4.46. The molecule has 0 saturated carbocycles. The lowest BCUT2D eigenvalue weighted by molar-refractivity contribution is -0.119. The van der Waals surface area contributed by atoms with Gasteiger partial charge in [-0.15, -0.1) is 0 Å². The van der Waals surface area contributed by atoms with Gasteiger partial charge in [-0.05, 0) is 12.1 Å². The van der Waals surface area contributed by atoms with Gasteiger partial charge in [0.25, 0.3) is 11.8 Å². The van der Waals surface area contributed by atoms with Gasteiger partial charge < -0.3 is 10.5 Å². The maximum Gasteiger partial charge on any atom is 0.295 e. The number of methoxy groups -OCH3 is 1. The number of imide groups is 1. The van der Waals surface area contributed by atoms with E-state index in [2.05, 4.69) is 5.32 Å². The second kappa shape index (κ2) is 7.08. The highest BCUT2D eigenvalue weighted by atomic mass is 16.5. The average Bonchev–Trinajstić information content (AvgIpc) is 2.57. The fourth-order valence-corrected chi connectivity index (χ4v) is 1.90. The molecule has 0 aromatic heterocycles. The van der Waals surface area contributed by atoms with Crippen molar-refractivity contribution in [2.45, 2.75) is 0 Å². The summed E-state index contributed by atoms with van der Waals surface area (Å²) in [5.41, 5.74) is 7.14. The average molecular weight is 296 g/mol. The minimum absolute atomic E-state index is 0.101. The highest BCUT2D eigenvalue weighted by molar-refractivity contribution is 6.11. The molecule has 5 heteroatoms. The number of ether oxygens (including phenoxy) is 1. The molecule has 112 valence electrons. The lowest BCUT2D eigenvalue weighted by Gasteiger charge is -2.11. The molecule has 2 aromatic carbocycles. The molecule has 0 atom stereocenters. The Balaban J connectivity index is 2.21. The number of benzene rings is 2. The van der Waals surface area contributed by atoms with Gasteiger partial charge >= 0.3 is 0 Å². The van der Waals surface area contributed by atoms with Crippen LogP contribution in [0.5, 0.6) is 0 Å². The van der Waals surface area contributed by atoms with Crippen molar-refractivity contribution in [2.75, 3.05) is 7.11 Å². The van der Waals surface area contributed by atoms with Crippen LogP contribution in [0.2, 0.25) is 0 Å². The molecule has 0 bridgehead atoms. The lowest BCUT2D eigenvalue weighted by atomic mass is 10.1. The molecule has 0 aliphatic carbocycles. The molecule has 0 radical (unpaired) electrons. The van der Waals surface area contributed by atoms with Crippen molar-refractivity contribution in [1.82, 2.24) is 5.32 Å². The fourth-order valence-electron chi connectivity index (χ4n) is 1.90. The molecule has 2 rings (SSSR count). The summed E-state index contributed by atoms with van der Waals surface area (Å²) in [7, 11) is 1.33. The van der Waals surface area contributed by atoms with E-state index in [1.54, 1.807) is 54.6 Å². The Bertz CT molecular complexity index is 694. The summed E-state index contributed by atoms with van der Waals surface area (Å²) in [6.45, 7) is 0. The highest BCUT2D eigenvalue weighted by Gasteiger charge is 2.19. The van der Waals surface area contributed by atoms with E-state index in [1.165, 1.54) is 7.11 Å². The zero-order chi connectivity index (χ0) is 15.9. The molecule has 0 spiro atoms. The van der Waals surface area contributed by atoms with E-state index >= 15 is 0 Å². The van der Waals surface area contributed by atoms with Crippen molar-refractivity contribution in [2.24, 2.45) is 5.73 Å². The molecule has 2 aromatic rings. The van der Waals surface area contributed by atoms with Crippen LogP contribution in [-0.4, -0.2) is 18.9 Å². The number of rotatable bonds is 4. The Morgan fingerprint density at radius 2 is 1.41 bits per heavy atom. The number of carbonyl (C=O) groups excluding carboxylic acids is 2. The summed E-state index contributed by atoms with van der Waals surface area (Å²) < 4.78 is 5.06. The zero-order valence-electron chi connectivity index (χ0n) is 12.1. The largest absolute Gasteiger partial charge is 0.490 e. The van der Waals surface area contributed by atoms with Crippen molar-refractivity contribution in [1.29, 1.82) is 0 Å². The first kappa shape index (κ1) is 15.3. The normalized spacial score (nSPS) is 11.3. The SMILES string of the molecule is CO/C(C(=O)NC(=O)c1ccccc1)=C(/N)c1ccccc1. The second-order valence-corrected chi connectivity index (χ2v) is 4.46. The van der Waals surface area contributed by atoms with Crippen LogP contribution in [0.25, 0.3) is 5.70 Å². The minimum Gasteiger partial charge on any atom is -0.490 e. The molecule has 22 heavy (non-hydrogen) atoms. The monoisotopic (exact) mass is 296 g/mol. The number of amides is 2. The van der Waals surface area contributed by atoms with Crippen LogP contribution < -0.4 is 11.1 Å². The van der Waals surface area contributed by atoms with Gasteiger partial charge in [0.1, 0.15) is 0 Å². The quantitative estimate of drug-likeness (QED) is 0.667. The molecule has 3 N–H and O–H groups in total. The van der Waals surface area contributed by atoms with Crippen molar-refractivity contribution in [3.63, 3.8) is 0 Å². The van der Waals surface area contributed by atoms with Gasteiger partial charge in [0, 0.05) is 11.1 Å². The number of nitrogens with one attached hydrogen (secondary N) is 1. The topological polar surface area (TPSA) is 81.4 Å². The van der Waals surface area contributed by atoms with Crippen LogP contribution in [0, 0.1) is 0 Å². The summed E-state index contributed by atoms with van der Waals surface area (Å²) in [5, 5.41) is 2.26. The van der Waals surface area contributed by atoms with E-state index in [1.807, 2.05) is 6.07 Å². The molecular formula is C17H16N2O3. The first-order valence-electron chi connectivity index (χ1n) is 6.63. The smallest absolute Gasteiger partial charge is 0.295 e. The molecule has 0 saturated heterocycles. The van der Waals surface area contributed by atoms with Crippen molar-refractivity contribution in [3.05, 3.63) is 77.5 Å². The van der Waals surface area contributed by atoms with Crippen LogP contribution in [-0.2, 0) is 9.53 Å². The van der Waals surface area contributed by atoms with Crippen molar-refractivity contribution >= 4 is 17.5 Å². The summed E-state index contributed by atoms with van der Waals surface area (Å²) in [5.74, 6) is -1.30. The third-order valence-electron chi connectivity index (χ3n) is 3.00. The van der Waals surface area contributed by atoms with Gasteiger partial charge in [-0.2, -0.15) is 0 Å².